The van der Waals surface area contributed by atoms with Crippen LogP contribution in [0.1, 0.15) is 24.6 Å². The lowest BCUT2D eigenvalue weighted by atomic mass is 10.2. The third-order valence-electron chi connectivity index (χ3n) is 4.12. The second-order valence-corrected chi connectivity index (χ2v) is 6.16. The lowest BCUT2D eigenvalue weighted by Crippen LogP contribution is -2.16. The van der Waals surface area contributed by atoms with Crippen LogP contribution in [0.3, 0.4) is 0 Å². The monoisotopic (exact) mass is 387 g/mol. The Hall–Kier alpha value is -2.20. The molecule has 0 spiro atoms. The molecule has 1 fully saturated rings. The Morgan fingerprint density at radius 2 is 2.15 bits per heavy atom. The van der Waals surface area contributed by atoms with E-state index in [4.69, 9.17) is 16.3 Å². The van der Waals surface area contributed by atoms with E-state index in [1.165, 1.54) is 6.20 Å². The van der Waals surface area contributed by atoms with Crippen LogP contribution in [0.25, 0.3) is 22.6 Å². The first-order valence-electron chi connectivity index (χ1n) is 7.89. The highest BCUT2D eigenvalue weighted by molar-refractivity contribution is 6.16. The molecule has 3 aromatic rings. The molecule has 0 unspecified atom stereocenters. The first-order valence-corrected chi connectivity index (χ1v) is 8.43. The summed E-state index contributed by atoms with van der Waals surface area (Å²) >= 11 is 5.98. The van der Waals surface area contributed by atoms with E-state index in [9.17, 15) is 13.2 Å². The van der Waals surface area contributed by atoms with E-state index < -0.39 is 12.1 Å². The number of alkyl halides is 4. The van der Waals surface area contributed by atoms with Crippen LogP contribution in [-0.2, 0) is 23.3 Å². The second kappa shape index (κ2) is 6.51. The fourth-order valence-electron chi connectivity index (χ4n) is 2.92. The van der Waals surface area contributed by atoms with Crippen molar-refractivity contribution in [3.63, 3.8) is 0 Å². The molecule has 138 valence electrons. The molecule has 1 aliphatic rings. The van der Waals surface area contributed by atoms with Crippen LogP contribution < -0.4 is 0 Å². The van der Waals surface area contributed by atoms with Gasteiger partial charge in [-0.2, -0.15) is 18.2 Å². The maximum absolute atomic E-state index is 12.6. The zero-order valence-electron chi connectivity index (χ0n) is 13.3. The summed E-state index contributed by atoms with van der Waals surface area (Å²) in [5.74, 6) is -0.810. The van der Waals surface area contributed by atoms with Gasteiger partial charge in [-0.3, -0.25) is 0 Å². The zero-order valence-corrected chi connectivity index (χ0v) is 14.1. The van der Waals surface area contributed by atoms with Crippen molar-refractivity contribution >= 4 is 22.8 Å². The van der Waals surface area contributed by atoms with E-state index in [-0.39, 0.29) is 23.4 Å². The molecule has 4 heterocycles. The summed E-state index contributed by atoms with van der Waals surface area (Å²) in [7, 11) is 0. The largest absolute Gasteiger partial charge is 0.471 e. The van der Waals surface area contributed by atoms with Gasteiger partial charge >= 0.3 is 12.1 Å². The maximum atomic E-state index is 12.6. The number of ether oxygens (including phenoxy) is 1. The molecule has 0 aliphatic carbocycles. The van der Waals surface area contributed by atoms with E-state index in [0.717, 1.165) is 19.4 Å². The molecule has 0 bridgehead atoms. The highest BCUT2D eigenvalue weighted by atomic mass is 35.5. The Kier molecular flexibility index (Phi) is 4.31. The second-order valence-electron chi connectivity index (χ2n) is 5.89. The molecule has 1 aliphatic heterocycles. The third kappa shape index (κ3) is 3.14. The van der Waals surface area contributed by atoms with E-state index >= 15 is 0 Å². The standard InChI is InChI=1S/C15H13ClF3N5O2/c16-5-11-21-10-4-8(12-22-14(26-23-12)15(17,18)19)6-20-13(10)24(11)7-9-2-1-3-25-9/h4,6,9H,1-3,5,7H2/t9-/m0/s1. The minimum atomic E-state index is -4.70. The molecule has 3 aromatic heterocycles. The van der Waals surface area contributed by atoms with Gasteiger partial charge in [0, 0.05) is 18.4 Å². The van der Waals surface area contributed by atoms with E-state index in [1.54, 1.807) is 6.07 Å². The SMILES string of the molecule is FC(F)(F)c1nc(-c2cnc3c(c2)nc(CCl)n3C[C@@H]2CCCO2)no1. The first-order chi connectivity index (χ1) is 12.5. The zero-order chi connectivity index (χ0) is 18.3. The number of halogens is 4. The van der Waals surface area contributed by atoms with Crippen LogP contribution in [0.15, 0.2) is 16.8 Å². The lowest BCUT2D eigenvalue weighted by Gasteiger charge is -2.12. The van der Waals surface area contributed by atoms with E-state index in [2.05, 4.69) is 24.6 Å². The fraction of sp³-hybridized carbons (Fsp3) is 0.467. The number of nitrogens with zero attached hydrogens (tertiary/aromatic N) is 5. The summed E-state index contributed by atoms with van der Waals surface area (Å²) in [4.78, 5) is 12.1. The van der Waals surface area contributed by atoms with Crippen LogP contribution >= 0.6 is 11.6 Å². The molecule has 4 rings (SSSR count). The van der Waals surface area contributed by atoms with Crippen molar-refractivity contribution in [1.82, 2.24) is 24.7 Å². The average molecular weight is 388 g/mol. The Balaban J connectivity index is 1.70. The maximum Gasteiger partial charge on any atom is 0.471 e. The predicted molar refractivity (Wildman–Crippen MR) is 84.4 cm³/mol. The van der Waals surface area contributed by atoms with E-state index in [1.807, 2.05) is 4.57 Å². The molecule has 0 saturated carbocycles. The molecule has 0 N–H and O–H groups in total. The smallest absolute Gasteiger partial charge is 0.376 e. The van der Waals surface area contributed by atoms with Crippen LogP contribution in [-0.4, -0.2) is 37.4 Å². The van der Waals surface area contributed by atoms with Crippen molar-refractivity contribution in [3.05, 3.63) is 24.0 Å². The van der Waals surface area contributed by atoms with Gasteiger partial charge in [0.2, 0.25) is 5.82 Å². The Bertz CT molecular complexity index is 933. The number of rotatable bonds is 4. The minimum Gasteiger partial charge on any atom is -0.376 e. The lowest BCUT2D eigenvalue weighted by molar-refractivity contribution is -0.159. The Labute approximate surface area is 150 Å². The van der Waals surface area contributed by atoms with Crippen molar-refractivity contribution in [3.8, 4) is 11.4 Å². The Morgan fingerprint density at radius 3 is 2.81 bits per heavy atom. The fourth-order valence-corrected chi connectivity index (χ4v) is 3.13. The molecule has 0 amide bonds. The molecule has 0 aromatic carbocycles. The first kappa shape index (κ1) is 17.2. The van der Waals surface area contributed by atoms with Gasteiger partial charge in [0.15, 0.2) is 5.65 Å². The van der Waals surface area contributed by atoms with Gasteiger partial charge in [0.05, 0.1) is 18.5 Å². The number of imidazole rings is 1. The van der Waals surface area contributed by atoms with Crippen molar-refractivity contribution in [2.75, 3.05) is 6.61 Å². The van der Waals surface area contributed by atoms with Crippen molar-refractivity contribution in [2.45, 2.75) is 37.5 Å². The van der Waals surface area contributed by atoms with Gasteiger partial charge in [-0.1, -0.05) is 5.16 Å². The van der Waals surface area contributed by atoms with Gasteiger partial charge in [0.1, 0.15) is 11.3 Å². The summed E-state index contributed by atoms with van der Waals surface area (Å²) in [5.41, 5.74) is 1.36. The normalized spacial score (nSPS) is 18.1. The summed E-state index contributed by atoms with van der Waals surface area (Å²) < 4.78 is 49.6. The van der Waals surface area contributed by atoms with Crippen LogP contribution in [0.5, 0.6) is 0 Å². The third-order valence-corrected chi connectivity index (χ3v) is 4.36. The van der Waals surface area contributed by atoms with Gasteiger partial charge in [-0.25, -0.2) is 9.97 Å². The molecule has 1 saturated heterocycles. The minimum absolute atomic E-state index is 0.0717. The van der Waals surface area contributed by atoms with Crippen LogP contribution in [0.4, 0.5) is 13.2 Å². The number of hydrogen-bond acceptors (Lipinski definition) is 6. The topological polar surface area (TPSA) is 78.9 Å². The molecule has 7 nitrogen and oxygen atoms in total. The van der Waals surface area contributed by atoms with Gasteiger partial charge in [-0.05, 0) is 18.9 Å². The van der Waals surface area contributed by atoms with E-state index in [0.29, 0.717) is 23.5 Å². The quantitative estimate of drug-likeness (QED) is 0.638. The summed E-state index contributed by atoms with van der Waals surface area (Å²) in [6.45, 7) is 1.30. The van der Waals surface area contributed by atoms with Gasteiger partial charge < -0.3 is 13.8 Å². The summed E-state index contributed by atoms with van der Waals surface area (Å²) in [6, 6.07) is 1.56. The summed E-state index contributed by atoms with van der Waals surface area (Å²) in [5, 5.41) is 3.37. The molecule has 0 radical (unpaired) electrons. The predicted octanol–water partition coefficient (Wildman–Crippen LogP) is 3.42. The van der Waals surface area contributed by atoms with Crippen molar-refractivity contribution in [1.29, 1.82) is 0 Å². The summed E-state index contributed by atoms with van der Waals surface area (Å²) in [6.07, 6.45) is -1.29. The number of fused-ring (bicyclic) bond motifs is 1. The Morgan fingerprint density at radius 1 is 1.31 bits per heavy atom. The molecular formula is C15H13ClF3N5O2. The number of aromatic nitrogens is 5. The van der Waals surface area contributed by atoms with Gasteiger partial charge in [0.25, 0.3) is 0 Å². The highest BCUT2D eigenvalue weighted by Crippen LogP contribution is 2.30. The van der Waals surface area contributed by atoms with Crippen LogP contribution in [0.2, 0.25) is 0 Å². The number of hydrogen-bond donors (Lipinski definition) is 0. The molecular weight excluding hydrogens is 375 g/mol. The van der Waals surface area contributed by atoms with Crippen molar-refractivity contribution in [2.24, 2.45) is 0 Å². The van der Waals surface area contributed by atoms with Crippen molar-refractivity contribution < 1.29 is 22.4 Å². The highest BCUT2D eigenvalue weighted by Gasteiger charge is 2.38. The van der Waals surface area contributed by atoms with Crippen LogP contribution in [0, 0.1) is 0 Å². The van der Waals surface area contributed by atoms with Gasteiger partial charge in [-0.15, -0.1) is 11.6 Å². The number of pyridine rings is 1. The molecule has 11 heteroatoms. The molecule has 1 atom stereocenters. The average Bonchev–Trinajstić information content (AvgIpc) is 3.34. The molecule has 26 heavy (non-hydrogen) atoms.